The lowest BCUT2D eigenvalue weighted by Gasteiger charge is -2.29. The molecule has 1 heterocycles. The number of hydrogen-bond donors (Lipinski definition) is 1. The average molecular weight is 396 g/mol. The van der Waals surface area contributed by atoms with Crippen molar-refractivity contribution in [2.24, 2.45) is 0 Å². The maximum Gasteiger partial charge on any atom is 0.265 e. The van der Waals surface area contributed by atoms with Crippen LogP contribution in [0.3, 0.4) is 0 Å². The zero-order chi connectivity index (χ0) is 20.5. The van der Waals surface area contributed by atoms with Gasteiger partial charge in [0.15, 0.2) is 6.61 Å². The van der Waals surface area contributed by atoms with Crippen molar-refractivity contribution in [1.29, 1.82) is 0 Å². The van der Waals surface area contributed by atoms with E-state index in [4.69, 9.17) is 9.47 Å². The fourth-order valence-corrected chi connectivity index (χ4v) is 3.21. The van der Waals surface area contributed by atoms with Crippen LogP contribution in [0.5, 0.6) is 11.5 Å². The van der Waals surface area contributed by atoms with E-state index in [0.29, 0.717) is 37.4 Å². The summed E-state index contributed by atoms with van der Waals surface area (Å²) in [6, 6.07) is 15.0. The summed E-state index contributed by atoms with van der Waals surface area (Å²) in [4.78, 5) is 26.3. The topological polar surface area (TPSA) is 67.9 Å². The second-order valence-electron chi connectivity index (χ2n) is 7.04. The molecule has 2 amide bonds. The Morgan fingerprint density at radius 1 is 1.14 bits per heavy atom. The van der Waals surface area contributed by atoms with Crippen molar-refractivity contribution >= 4 is 23.2 Å². The van der Waals surface area contributed by atoms with Crippen LogP contribution in [0, 0.1) is 0 Å². The molecule has 6 heteroatoms. The molecule has 2 aromatic rings. The maximum absolute atomic E-state index is 12.3. The fourth-order valence-electron chi connectivity index (χ4n) is 3.21. The first-order valence-corrected chi connectivity index (χ1v) is 10.2. The standard InChI is InChI=1S/C23H28N2O4/c1-2-3-7-14-25-20-16-18(12-13-21(20)29-17-23(25)27)24-22(26)11-8-15-28-19-9-5-4-6-10-19/h4-6,9-10,12-13,16H,2-3,7-8,11,14-15,17H2,1H3,(H,24,26). The molecule has 154 valence electrons. The molecule has 1 N–H and O–H groups in total. The molecule has 3 rings (SSSR count). The van der Waals surface area contributed by atoms with Crippen molar-refractivity contribution in [3.63, 3.8) is 0 Å². The van der Waals surface area contributed by atoms with E-state index < -0.39 is 0 Å². The SMILES string of the molecule is CCCCCN1C(=O)COc2ccc(NC(=O)CCCOc3ccccc3)cc21. The van der Waals surface area contributed by atoms with E-state index in [9.17, 15) is 9.59 Å². The summed E-state index contributed by atoms with van der Waals surface area (Å²) >= 11 is 0. The van der Waals surface area contributed by atoms with Gasteiger partial charge in [-0.2, -0.15) is 0 Å². The first kappa shape index (κ1) is 20.7. The first-order valence-electron chi connectivity index (χ1n) is 10.2. The number of unbranched alkanes of at least 4 members (excludes halogenated alkanes) is 2. The molecule has 0 atom stereocenters. The van der Waals surface area contributed by atoms with Crippen LogP contribution in [0.25, 0.3) is 0 Å². The molecule has 0 fully saturated rings. The Kier molecular flexibility index (Phi) is 7.50. The lowest BCUT2D eigenvalue weighted by atomic mass is 10.1. The minimum Gasteiger partial charge on any atom is -0.494 e. The predicted octanol–water partition coefficient (Wildman–Crippen LogP) is 4.40. The number of benzene rings is 2. The second kappa shape index (κ2) is 10.5. The van der Waals surface area contributed by atoms with Crippen LogP contribution in [-0.2, 0) is 9.59 Å². The van der Waals surface area contributed by atoms with Gasteiger partial charge in [0.25, 0.3) is 5.91 Å². The van der Waals surface area contributed by atoms with Gasteiger partial charge in [-0.05, 0) is 43.2 Å². The number of nitrogens with zero attached hydrogens (tertiary/aromatic N) is 1. The van der Waals surface area contributed by atoms with E-state index in [1.165, 1.54) is 0 Å². The molecule has 0 unspecified atom stereocenters. The molecule has 0 aromatic heterocycles. The monoisotopic (exact) mass is 396 g/mol. The van der Waals surface area contributed by atoms with Gasteiger partial charge < -0.3 is 19.7 Å². The highest BCUT2D eigenvalue weighted by molar-refractivity contribution is 5.99. The zero-order valence-electron chi connectivity index (χ0n) is 16.9. The van der Waals surface area contributed by atoms with Crippen molar-refractivity contribution < 1.29 is 19.1 Å². The number of carbonyl (C=O) groups excluding carboxylic acids is 2. The third-order valence-electron chi connectivity index (χ3n) is 4.73. The smallest absolute Gasteiger partial charge is 0.265 e. The fraction of sp³-hybridized carbons (Fsp3) is 0.391. The molecule has 2 aromatic carbocycles. The Balaban J connectivity index is 1.53. The minimum absolute atomic E-state index is 0.0462. The highest BCUT2D eigenvalue weighted by Crippen LogP contribution is 2.34. The number of amides is 2. The number of fused-ring (bicyclic) bond motifs is 1. The van der Waals surface area contributed by atoms with Crippen LogP contribution < -0.4 is 19.7 Å². The van der Waals surface area contributed by atoms with E-state index in [0.717, 1.165) is 30.7 Å². The zero-order valence-corrected chi connectivity index (χ0v) is 16.9. The van der Waals surface area contributed by atoms with Gasteiger partial charge in [-0.25, -0.2) is 0 Å². The van der Waals surface area contributed by atoms with Crippen molar-refractivity contribution in [2.45, 2.75) is 39.0 Å². The van der Waals surface area contributed by atoms with Gasteiger partial charge in [-0.1, -0.05) is 38.0 Å². The summed E-state index contributed by atoms with van der Waals surface area (Å²) in [7, 11) is 0. The molecule has 0 saturated carbocycles. The van der Waals surface area contributed by atoms with Crippen LogP contribution in [-0.4, -0.2) is 31.6 Å². The van der Waals surface area contributed by atoms with Gasteiger partial charge in [-0.3, -0.25) is 9.59 Å². The number of carbonyl (C=O) groups is 2. The number of ether oxygens (including phenoxy) is 2. The average Bonchev–Trinajstić information content (AvgIpc) is 2.74. The number of anilines is 2. The second-order valence-corrected chi connectivity index (χ2v) is 7.04. The van der Waals surface area contributed by atoms with E-state index in [-0.39, 0.29) is 18.4 Å². The van der Waals surface area contributed by atoms with E-state index in [1.807, 2.05) is 42.5 Å². The molecule has 0 spiro atoms. The Morgan fingerprint density at radius 2 is 1.97 bits per heavy atom. The Bertz CT molecular complexity index is 823. The van der Waals surface area contributed by atoms with Crippen molar-refractivity contribution in [3.8, 4) is 11.5 Å². The summed E-state index contributed by atoms with van der Waals surface area (Å²) < 4.78 is 11.1. The number of rotatable bonds is 10. The van der Waals surface area contributed by atoms with Gasteiger partial charge in [0.05, 0.1) is 12.3 Å². The van der Waals surface area contributed by atoms with Crippen LogP contribution >= 0.6 is 0 Å². The first-order chi connectivity index (χ1) is 14.2. The molecule has 29 heavy (non-hydrogen) atoms. The molecule has 1 aliphatic rings. The molecule has 0 bridgehead atoms. The number of para-hydroxylation sites is 1. The Labute approximate surface area is 171 Å². The number of nitrogens with one attached hydrogen (secondary N) is 1. The molecule has 0 aliphatic carbocycles. The van der Waals surface area contributed by atoms with Crippen LogP contribution in [0.1, 0.15) is 39.0 Å². The molecule has 1 aliphatic heterocycles. The summed E-state index contributed by atoms with van der Waals surface area (Å²) in [6.45, 7) is 3.34. The lowest BCUT2D eigenvalue weighted by Crippen LogP contribution is -2.39. The lowest BCUT2D eigenvalue weighted by molar-refractivity contribution is -0.121. The van der Waals surface area contributed by atoms with Gasteiger partial charge in [0, 0.05) is 18.7 Å². The van der Waals surface area contributed by atoms with Crippen molar-refractivity contribution in [1.82, 2.24) is 0 Å². The highest BCUT2D eigenvalue weighted by atomic mass is 16.5. The van der Waals surface area contributed by atoms with Crippen molar-refractivity contribution in [2.75, 3.05) is 30.0 Å². The molecular weight excluding hydrogens is 368 g/mol. The Hall–Kier alpha value is -3.02. The molecule has 0 radical (unpaired) electrons. The summed E-state index contributed by atoms with van der Waals surface area (Å²) in [5.41, 5.74) is 1.39. The highest BCUT2D eigenvalue weighted by Gasteiger charge is 2.25. The predicted molar refractivity (Wildman–Crippen MR) is 114 cm³/mol. The van der Waals surface area contributed by atoms with Gasteiger partial charge in [-0.15, -0.1) is 0 Å². The molecule has 6 nitrogen and oxygen atoms in total. The van der Waals surface area contributed by atoms with Gasteiger partial charge in [0.2, 0.25) is 5.91 Å². The third-order valence-corrected chi connectivity index (χ3v) is 4.73. The van der Waals surface area contributed by atoms with Gasteiger partial charge >= 0.3 is 0 Å². The quantitative estimate of drug-likeness (QED) is 0.605. The summed E-state index contributed by atoms with van der Waals surface area (Å²) in [5, 5.41) is 2.91. The summed E-state index contributed by atoms with van der Waals surface area (Å²) in [5.74, 6) is 1.35. The van der Waals surface area contributed by atoms with Gasteiger partial charge in [0.1, 0.15) is 11.5 Å². The minimum atomic E-state index is -0.0813. The van der Waals surface area contributed by atoms with E-state index in [2.05, 4.69) is 12.2 Å². The van der Waals surface area contributed by atoms with Crippen LogP contribution in [0.4, 0.5) is 11.4 Å². The largest absolute Gasteiger partial charge is 0.494 e. The van der Waals surface area contributed by atoms with E-state index in [1.54, 1.807) is 11.0 Å². The van der Waals surface area contributed by atoms with Crippen LogP contribution in [0.2, 0.25) is 0 Å². The normalized spacial score (nSPS) is 12.9. The molecule has 0 saturated heterocycles. The summed E-state index contributed by atoms with van der Waals surface area (Å²) in [6.07, 6.45) is 4.09. The Morgan fingerprint density at radius 3 is 2.76 bits per heavy atom. The van der Waals surface area contributed by atoms with E-state index >= 15 is 0 Å². The molecular formula is C23H28N2O4. The van der Waals surface area contributed by atoms with Crippen molar-refractivity contribution in [3.05, 3.63) is 48.5 Å². The third kappa shape index (κ3) is 5.98. The van der Waals surface area contributed by atoms with Crippen LogP contribution in [0.15, 0.2) is 48.5 Å². The number of hydrogen-bond acceptors (Lipinski definition) is 4. The maximum atomic E-state index is 12.3.